The average molecular weight is 328 g/mol. The van der Waals surface area contributed by atoms with Crippen molar-refractivity contribution in [3.05, 3.63) is 23.2 Å². The van der Waals surface area contributed by atoms with E-state index < -0.39 is 6.03 Å². The van der Waals surface area contributed by atoms with Gasteiger partial charge in [-0.1, -0.05) is 18.5 Å². The Kier molecular flexibility index (Phi) is 7.52. The third-order valence-corrected chi connectivity index (χ3v) is 3.01. The fraction of sp³-hybridized carbons (Fsp3) is 0.467. The molecular weight excluding hydrogens is 306 g/mol. The molecule has 0 unspecified atom stereocenters. The number of halogens is 1. The predicted octanol–water partition coefficient (Wildman–Crippen LogP) is 2.73. The lowest BCUT2D eigenvalue weighted by atomic mass is 10.3. The second-order valence-corrected chi connectivity index (χ2v) is 5.34. The van der Waals surface area contributed by atoms with Crippen molar-refractivity contribution in [1.82, 2.24) is 10.2 Å². The number of hydrogen-bond acceptors (Lipinski definition) is 3. The lowest BCUT2D eigenvalue weighted by molar-refractivity contribution is -0.128. The second kappa shape index (κ2) is 9.15. The van der Waals surface area contributed by atoms with Crippen molar-refractivity contribution >= 4 is 29.2 Å². The maximum absolute atomic E-state index is 11.9. The smallest absolute Gasteiger partial charge is 0.319 e. The number of rotatable bonds is 7. The molecule has 1 rings (SSSR count). The molecule has 0 radical (unpaired) electrons. The molecule has 0 aliphatic heterocycles. The highest BCUT2D eigenvalue weighted by Gasteiger charge is 2.10. The second-order valence-electron chi connectivity index (χ2n) is 4.91. The Hall–Kier alpha value is -1.95. The van der Waals surface area contributed by atoms with Crippen LogP contribution < -0.4 is 15.4 Å². The van der Waals surface area contributed by atoms with Gasteiger partial charge < -0.3 is 20.3 Å². The fourth-order valence-electron chi connectivity index (χ4n) is 1.61. The highest BCUT2D eigenvalue weighted by Crippen LogP contribution is 2.28. The van der Waals surface area contributed by atoms with Gasteiger partial charge in [0, 0.05) is 32.1 Å². The molecule has 0 spiro atoms. The molecule has 6 nitrogen and oxygen atoms in total. The number of nitrogens with one attached hydrogen (secondary N) is 2. The minimum atomic E-state index is -0.407. The standard InChI is InChI=1S/C15H22ClN3O3/c1-4-9-22-13-6-5-11(16)10-12(13)18-15(21)17-8-7-14(20)19(2)3/h5-6,10H,4,7-9H2,1-3H3,(H2,17,18,21). The predicted molar refractivity (Wildman–Crippen MR) is 87.6 cm³/mol. The average Bonchev–Trinajstić information content (AvgIpc) is 2.46. The number of nitrogens with zero attached hydrogens (tertiary/aromatic N) is 1. The third-order valence-electron chi connectivity index (χ3n) is 2.77. The van der Waals surface area contributed by atoms with E-state index in [-0.39, 0.29) is 18.9 Å². The molecule has 22 heavy (non-hydrogen) atoms. The van der Waals surface area contributed by atoms with E-state index in [1.807, 2.05) is 6.92 Å². The van der Waals surface area contributed by atoms with E-state index in [1.54, 1.807) is 32.3 Å². The molecule has 0 atom stereocenters. The lowest BCUT2D eigenvalue weighted by Gasteiger charge is -2.14. The first-order chi connectivity index (χ1) is 10.4. The molecule has 0 saturated heterocycles. The highest BCUT2D eigenvalue weighted by atomic mass is 35.5. The van der Waals surface area contributed by atoms with E-state index in [1.165, 1.54) is 4.90 Å². The normalized spacial score (nSPS) is 10.0. The minimum Gasteiger partial charge on any atom is -0.491 e. The van der Waals surface area contributed by atoms with Crippen LogP contribution in [-0.2, 0) is 4.79 Å². The molecule has 1 aromatic rings. The number of urea groups is 1. The van der Waals surface area contributed by atoms with Crippen LogP contribution in [0, 0.1) is 0 Å². The first-order valence-corrected chi connectivity index (χ1v) is 7.49. The van der Waals surface area contributed by atoms with Crippen molar-refractivity contribution in [3.63, 3.8) is 0 Å². The van der Waals surface area contributed by atoms with Crippen molar-refractivity contribution in [2.45, 2.75) is 19.8 Å². The maximum Gasteiger partial charge on any atom is 0.319 e. The Morgan fingerprint density at radius 3 is 2.68 bits per heavy atom. The molecular formula is C15H22ClN3O3. The van der Waals surface area contributed by atoms with Gasteiger partial charge in [0.1, 0.15) is 5.75 Å². The van der Waals surface area contributed by atoms with E-state index in [2.05, 4.69) is 10.6 Å². The van der Waals surface area contributed by atoms with Gasteiger partial charge in [0.2, 0.25) is 5.91 Å². The van der Waals surface area contributed by atoms with Crippen LogP contribution >= 0.6 is 11.6 Å². The van der Waals surface area contributed by atoms with Gasteiger partial charge in [0.15, 0.2) is 0 Å². The van der Waals surface area contributed by atoms with Crippen molar-refractivity contribution in [2.24, 2.45) is 0 Å². The summed E-state index contributed by atoms with van der Waals surface area (Å²) in [6, 6.07) is 4.63. The van der Waals surface area contributed by atoms with E-state index >= 15 is 0 Å². The number of carbonyl (C=O) groups excluding carboxylic acids is 2. The van der Waals surface area contributed by atoms with Crippen molar-refractivity contribution in [3.8, 4) is 5.75 Å². The number of hydrogen-bond donors (Lipinski definition) is 2. The lowest BCUT2D eigenvalue weighted by Crippen LogP contribution is -2.33. The van der Waals surface area contributed by atoms with Gasteiger partial charge >= 0.3 is 6.03 Å². The molecule has 0 bridgehead atoms. The molecule has 1 aromatic carbocycles. The summed E-state index contributed by atoms with van der Waals surface area (Å²) in [5.74, 6) is 0.515. The molecule has 2 N–H and O–H groups in total. The third kappa shape index (κ3) is 6.22. The van der Waals surface area contributed by atoms with E-state index in [0.717, 1.165) is 6.42 Å². The summed E-state index contributed by atoms with van der Waals surface area (Å²) in [5, 5.41) is 5.80. The largest absolute Gasteiger partial charge is 0.491 e. The molecule has 0 fully saturated rings. The van der Waals surface area contributed by atoms with Crippen LogP contribution in [0.25, 0.3) is 0 Å². The number of anilines is 1. The maximum atomic E-state index is 11.9. The molecule has 0 heterocycles. The van der Waals surface area contributed by atoms with Gasteiger partial charge in [-0.2, -0.15) is 0 Å². The molecule has 0 saturated carbocycles. The zero-order valence-electron chi connectivity index (χ0n) is 13.1. The van der Waals surface area contributed by atoms with E-state index in [4.69, 9.17) is 16.3 Å². The monoisotopic (exact) mass is 327 g/mol. The number of carbonyl (C=O) groups is 2. The van der Waals surface area contributed by atoms with Gasteiger partial charge in [-0.25, -0.2) is 4.79 Å². The summed E-state index contributed by atoms with van der Waals surface area (Å²) in [5.41, 5.74) is 0.498. The summed E-state index contributed by atoms with van der Waals surface area (Å²) in [7, 11) is 3.34. The van der Waals surface area contributed by atoms with Gasteiger partial charge in [-0.3, -0.25) is 4.79 Å². The fourth-order valence-corrected chi connectivity index (χ4v) is 1.78. The zero-order valence-corrected chi connectivity index (χ0v) is 13.9. The van der Waals surface area contributed by atoms with E-state index in [9.17, 15) is 9.59 Å². The van der Waals surface area contributed by atoms with Crippen molar-refractivity contribution in [2.75, 3.05) is 32.6 Å². The number of benzene rings is 1. The highest BCUT2D eigenvalue weighted by molar-refractivity contribution is 6.31. The summed E-state index contributed by atoms with van der Waals surface area (Å²) in [6.07, 6.45) is 1.11. The quantitative estimate of drug-likeness (QED) is 0.809. The van der Waals surface area contributed by atoms with Crippen LogP contribution in [0.1, 0.15) is 19.8 Å². The van der Waals surface area contributed by atoms with Crippen molar-refractivity contribution in [1.29, 1.82) is 0 Å². The molecule has 7 heteroatoms. The Morgan fingerprint density at radius 2 is 2.05 bits per heavy atom. The summed E-state index contributed by atoms with van der Waals surface area (Å²) in [4.78, 5) is 24.8. The molecule has 122 valence electrons. The van der Waals surface area contributed by atoms with Crippen LogP contribution in [-0.4, -0.2) is 44.1 Å². The first-order valence-electron chi connectivity index (χ1n) is 7.11. The van der Waals surface area contributed by atoms with Crippen LogP contribution in [0.5, 0.6) is 5.75 Å². The van der Waals surface area contributed by atoms with E-state index in [0.29, 0.717) is 23.1 Å². The molecule has 0 aliphatic rings. The summed E-state index contributed by atoms with van der Waals surface area (Å²) in [6.45, 7) is 2.81. The first kappa shape index (κ1) is 18.1. The van der Waals surface area contributed by atoms with Gasteiger partial charge in [-0.15, -0.1) is 0 Å². The Labute approximate surface area is 135 Å². The topological polar surface area (TPSA) is 70.7 Å². The zero-order chi connectivity index (χ0) is 16.5. The van der Waals surface area contributed by atoms with Crippen LogP contribution in [0.15, 0.2) is 18.2 Å². The Bertz CT molecular complexity index is 521. The van der Waals surface area contributed by atoms with Crippen LogP contribution in [0.3, 0.4) is 0 Å². The van der Waals surface area contributed by atoms with Crippen molar-refractivity contribution < 1.29 is 14.3 Å². The van der Waals surface area contributed by atoms with Gasteiger partial charge in [-0.05, 0) is 24.6 Å². The summed E-state index contributed by atoms with van der Waals surface area (Å²) < 4.78 is 5.55. The van der Waals surface area contributed by atoms with Crippen LogP contribution in [0.4, 0.5) is 10.5 Å². The Morgan fingerprint density at radius 1 is 1.32 bits per heavy atom. The van der Waals surface area contributed by atoms with Gasteiger partial charge in [0.25, 0.3) is 0 Å². The Balaban J connectivity index is 2.56. The molecule has 3 amide bonds. The summed E-state index contributed by atoms with van der Waals surface area (Å²) >= 11 is 5.94. The number of ether oxygens (including phenoxy) is 1. The SMILES string of the molecule is CCCOc1ccc(Cl)cc1NC(=O)NCCC(=O)N(C)C. The molecule has 0 aliphatic carbocycles. The van der Waals surface area contributed by atoms with Crippen LogP contribution in [0.2, 0.25) is 5.02 Å². The molecule has 0 aromatic heterocycles. The number of amides is 3. The minimum absolute atomic E-state index is 0.0463. The van der Waals surface area contributed by atoms with Gasteiger partial charge in [0.05, 0.1) is 12.3 Å².